The third-order valence-electron chi connectivity index (χ3n) is 3.29. The number of aromatic amines is 1. The highest BCUT2D eigenvalue weighted by Crippen LogP contribution is 2.16. The molecular weight excluding hydrogens is 296 g/mol. The molecule has 0 fully saturated rings. The molecule has 0 aliphatic carbocycles. The van der Waals surface area contributed by atoms with Gasteiger partial charge in [0.2, 0.25) is 0 Å². The molecular formula is C16H14N4O3. The van der Waals surface area contributed by atoms with E-state index < -0.39 is 11.8 Å². The third kappa shape index (κ3) is 3.13. The summed E-state index contributed by atoms with van der Waals surface area (Å²) in [4.78, 5) is 23.9. The van der Waals surface area contributed by atoms with E-state index in [1.165, 1.54) is 12.3 Å². The molecule has 0 radical (unpaired) electrons. The van der Waals surface area contributed by atoms with E-state index in [0.717, 1.165) is 5.56 Å². The molecule has 0 unspecified atom stereocenters. The van der Waals surface area contributed by atoms with Crippen LogP contribution >= 0.6 is 0 Å². The second kappa shape index (κ2) is 6.18. The monoisotopic (exact) mass is 310 g/mol. The zero-order valence-electron chi connectivity index (χ0n) is 12.3. The Bertz CT molecular complexity index is 836. The fourth-order valence-corrected chi connectivity index (χ4v) is 2.06. The smallest absolute Gasteiger partial charge is 0.287 e. The van der Waals surface area contributed by atoms with Crippen LogP contribution in [0.2, 0.25) is 0 Å². The Morgan fingerprint density at radius 2 is 1.83 bits per heavy atom. The molecule has 0 bridgehead atoms. The molecule has 23 heavy (non-hydrogen) atoms. The van der Waals surface area contributed by atoms with Crippen LogP contribution in [0.4, 0.5) is 0 Å². The van der Waals surface area contributed by atoms with Gasteiger partial charge < -0.3 is 4.42 Å². The Kier molecular flexibility index (Phi) is 3.92. The van der Waals surface area contributed by atoms with Crippen LogP contribution in [-0.2, 0) is 0 Å². The van der Waals surface area contributed by atoms with Gasteiger partial charge in [0.05, 0.1) is 17.5 Å². The van der Waals surface area contributed by atoms with Gasteiger partial charge in [-0.25, -0.2) is 0 Å². The van der Waals surface area contributed by atoms with Gasteiger partial charge in [0.1, 0.15) is 11.5 Å². The van der Waals surface area contributed by atoms with Crippen molar-refractivity contribution in [2.24, 2.45) is 0 Å². The summed E-state index contributed by atoms with van der Waals surface area (Å²) >= 11 is 0. The van der Waals surface area contributed by atoms with E-state index in [4.69, 9.17) is 4.42 Å². The second-order valence-corrected chi connectivity index (χ2v) is 4.83. The number of furan rings is 1. The molecule has 3 aromatic rings. The fraction of sp³-hybridized carbons (Fsp3) is 0.0625. The van der Waals surface area contributed by atoms with E-state index in [1.807, 2.05) is 30.3 Å². The number of nitrogens with zero attached hydrogens (tertiary/aromatic N) is 1. The van der Waals surface area contributed by atoms with Crippen LogP contribution in [0.5, 0.6) is 0 Å². The van der Waals surface area contributed by atoms with Gasteiger partial charge in [-0.1, -0.05) is 30.3 Å². The number of rotatable bonds is 3. The average molecular weight is 310 g/mol. The first-order valence-corrected chi connectivity index (χ1v) is 6.91. The van der Waals surface area contributed by atoms with E-state index >= 15 is 0 Å². The summed E-state index contributed by atoms with van der Waals surface area (Å²) < 4.78 is 5.04. The van der Waals surface area contributed by atoms with Crippen molar-refractivity contribution in [3.8, 4) is 11.3 Å². The van der Waals surface area contributed by atoms with Crippen LogP contribution in [0.3, 0.4) is 0 Å². The molecule has 0 spiro atoms. The Hall–Kier alpha value is -3.35. The maximum absolute atomic E-state index is 12.0. The first kappa shape index (κ1) is 14.6. The molecule has 0 saturated carbocycles. The molecule has 3 rings (SSSR count). The second-order valence-electron chi connectivity index (χ2n) is 4.83. The molecule has 2 heterocycles. The van der Waals surface area contributed by atoms with Crippen molar-refractivity contribution in [2.75, 3.05) is 0 Å². The van der Waals surface area contributed by atoms with Crippen molar-refractivity contribution in [3.63, 3.8) is 0 Å². The lowest BCUT2D eigenvalue weighted by Gasteiger charge is -2.04. The molecule has 7 nitrogen and oxygen atoms in total. The Labute approximate surface area is 131 Å². The van der Waals surface area contributed by atoms with E-state index in [9.17, 15) is 9.59 Å². The van der Waals surface area contributed by atoms with Gasteiger partial charge in [-0.3, -0.25) is 25.5 Å². The predicted octanol–water partition coefficient (Wildman–Crippen LogP) is 2.05. The Morgan fingerprint density at radius 3 is 2.52 bits per heavy atom. The van der Waals surface area contributed by atoms with Crippen LogP contribution in [0.15, 0.2) is 53.1 Å². The maximum Gasteiger partial charge on any atom is 0.287 e. The lowest BCUT2D eigenvalue weighted by Crippen LogP contribution is -2.41. The minimum atomic E-state index is -0.492. The van der Waals surface area contributed by atoms with Crippen LogP contribution < -0.4 is 10.9 Å². The summed E-state index contributed by atoms with van der Waals surface area (Å²) in [5, 5.41) is 6.73. The minimum absolute atomic E-state index is 0.244. The van der Waals surface area contributed by atoms with E-state index in [1.54, 1.807) is 13.0 Å². The topological polar surface area (TPSA) is 100 Å². The first-order chi connectivity index (χ1) is 11.1. The van der Waals surface area contributed by atoms with Crippen LogP contribution in [-0.4, -0.2) is 22.0 Å². The van der Waals surface area contributed by atoms with Crippen molar-refractivity contribution in [3.05, 3.63) is 65.7 Å². The number of aryl methyl sites for hydroxylation is 1. The quantitative estimate of drug-likeness (QED) is 0.645. The highest BCUT2D eigenvalue weighted by Gasteiger charge is 2.14. The number of H-pyrrole nitrogens is 1. The lowest BCUT2D eigenvalue weighted by molar-refractivity contribution is 0.0843. The summed E-state index contributed by atoms with van der Waals surface area (Å²) in [6, 6.07) is 12.6. The molecule has 3 N–H and O–H groups in total. The van der Waals surface area contributed by atoms with Crippen molar-refractivity contribution in [2.45, 2.75) is 6.92 Å². The van der Waals surface area contributed by atoms with Gasteiger partial charge in [0.25, 0.3) is 11.8 Å². The van der Waals surface area contributed by atoms with Gasteiger partial charge >= 0.3 is 0 Å². The number of hydrazine groups is 1. The molecule has 0 saturated heterocycles. The number of benzene rings is 1. The summed E-state index contributed by atoms with van der Waals surface area (Å²) in [5.41, 5.74) is 6.79. The fourth-order valence-electron chi connectivity index (χ4n) is 2.06. The summed E-state index contributed by atoms with van der Waals surface area (Å²) in [7, 11) is 0. The number of aromatic nitrogens is 2. The highest BCUT2D eigenvalue weighted by molar-refractivity contribution is 5.99. The SMILES string of the molecule is Cc1occc1C(=O)NNC(=O)c1cc(-c2ccccc2)n[nH]1. The Balaban J connectivity index is 1.64. The zero-order valence-corrected chi connectivity index (χ0v) is 12.3. The molecule has 2 aromatic heterocycles. The van der Waals surface area contributed by atoms with Crippen molar-refractivity contribution in [1.29, 1.82) is 0 Å². The van der Waals surface area contributed by atoms with Crippen molar-refractivity contribution in [1.82, 2.24) is 21.0 Å². The van der Waals surface area contributed by atoms with Crippen LogP contribution in [0, 0.1) is 6.92 Å². The molecule has 1 aromatic carbocycles. The summed E-state index contributed by atoms with van der Waals surface area (Å²) in [6.07, 6.45) is 1.41. The van der Waals surface area contributed by atoms with Gasteiger partial charge in [0.15, 0.2) is 0 Å². The summed E-state index contributed by atoms with van der Waals surface area (Å²) in [5.74, 6) is -0.466. The standard InChI is InChI=1S/C16H14N4O3/c1-10-12(7-8-23-10)15(21)19-20-16(22)14-9-13(17-18-14)11-5-3-2-4-6-11/h2-9H,1H3,(H,17,18)(H,19,21)(H,20,22). The van der Waals surface area contributed by atoms with Gasteiger partial charge in [-0.2, -0.15) is 5.10 Å². The van der Waals surface area contributed by atoms with Gasteiger partial charge in [-0.05, 0) is 19.1 Å². The number of carbonyl (C=O) groups excluding carboxylic acids is 2. The minimum Gasteiger partial charge on any atom is -0.469 e. The van der Waals surface area contributed by atoms with Gasteiger partial charge in [-0.15, -0.1) is 0 Å². The Morgan fingerprint density at radius 1 is 1.09 bits per heavy atom. The van der Waals surface area contributed by atoms with Crippen molar-refractivity contribution < 1.29 is 14.0 Å². The predicted molar refractivity (Wildman–Crippen MR) is 82.4 cm³/mol. The molecule has 7 heteroatoms. The molecule has 2 amide bonds. The molecule has 0 atom stereocenters. The lowest BCUT2D eigenvalue weighted by atomic mass is 10.1. The van der Waals surface area contributed by atoms with Crippen molar-refractivity contribution >= 4 is 11.8 Å². The van der Waals surface area contributed by atoms with E-state index in [-0.39, 0.29) is 5.69 Å². The molecule has 116 valence electrons. The van der Waals surface area contributed by atoms with E-state index in [2.05, 4.69) is 21.0 Å². The normalized spacial score (nSPS) is 10.3. The molecule has 0 aliphatic rings. The van der Waals surface area contributed by atoms with Crippen LogP contribution in [0.1, 0.15) is 26.6 Å². The number of hydrogen-bond donors (Lipinski definition) is 3. The zero-order chi connectivity index (χ0) is 16.2. The average Bonchev–Trinajstić information content (AvgIpc) is 3.22. The number of carbonyl (C=O) groups is 2. The summed E-state index contributed by atoms with van der Waals surface area (Å²) in [6.45, 7) is 1.66. The van der Waals surface area contributed by atoms with Gasteiger partial charge in [0, 0.05) is 5.56 Å². The number of amides is 2. The number of nitrogens with one attached hydrogen (secondary N) is 3. The van der Waals surface area contributed by atoms with Crippen LogP contribution in [0.25, 0.3) is 11.3 Å². The number of hydrogen-bond acceptors (Lipinski definition) is 4. The highest BCUT2D eigenvalue weighted by atomic mass is 16.3. The maximum atomic E-state index is 12.0. The third-order valence-corrected chi connectivity index (χ3v) is 3.29. The van der Waals surface area contributed by atoms with E-state index in [0.29, 0.717) is 17.0 Å². The largest absolute Gasteiger partial charge is 0.469 e. The first-order valence-electron chi connectivity index (χ1n) is 6.91. The molecule has 0 aliphatic heterocycles.